The summed E-state index contributed by atoms with van der Waals surface area (Å²) in [5, 5.41) is 2.96. The van der Waals surface area contributed by atoms with Crippen molar-refractivity contribution in [3.63, 3.8) is 0 Å². The molecule has 27 heavy (non-hydrogen) atoms. The van der Waals surface area contributed by atoms with Crippen LogP contribution in [0.1, 0.15) is 55.4 Å². The van der Waals surface area contributed by atoms with Crippen LogP contribution in [0.15, 0.2) is 17.2 Å². The fourth-order valence-corrected chi connectivity index (χ4v) is 4.52. The highest BCUT2D eigenvalue weighted by Crippen LogP contribution is 2.19. The van der Waals surface area contributed by atoms with Crippen molar-refractivity contribution in [1.82, 2.24) is 14.2 Å². The zero-order valence-corrected chi connectivity index (χ0v) is 17.0. The van der Waals surface area contributed by atoms with Gasteiger partial charge < -0.3 is 14.6 Å². The molecule has 0 aromatic carbocycles. The number of carbonyl (C=O) groups is 2. The Labute approximate surface area is 160 Å². The number of rotatable bonds is 6. The number of methoxy groups -OCH3 is 1. The van der Waals surface area contributed by atoms with E-state index in [0.29, 0.717) is 0 Å². The van der Waals surface area contributed by atoms with E-state index in [1.165, 1.54) is 50.3 Å². The molecule has 9 heteroatoms. The number of esters is 1. The minimum Gasteiger partial charge on any atom is -0.464 e. The van der Waals surface area contributed by atoms with E-state index in [4.69, 9.17) is 0 Å². The topological polar surface area (TPSA) is 97.7 Å². The molecule has 2 rings (SSSR count). The number of hydrogen-bond acceptors (Lipinski definition) is 5. The van der Waals surface area contributed by atoms with Gasteiger partial charge in [0.2, 0.25) is 15.9 Å². The van der Waals surface area contributed by atoms with Crippen molar-refractivity contribution >= 4 is 21.9 Å². The van der Waals surface area contributed by atoms with Gasteiger partial charge in [0.1, 0.15) is 10.6 Å². The van der Waals surface area contributed by atoms with Crippen molar-refractivity contribution in [2.75, 3.05) is 20.7 Å². The average Bonchev–Trinajstić information content (AvgIpc) is 2.99. The van der Waals surface area contributed by atoms with E-state index in [1.807, 2.05) is 0 Å². The van der Waals surface area contributed by atoms with Gasteiger partial charge >= 0.3 is 5.97 Å². The molecule has 0 unspecified atom stereocenters. The van der Waals surface area contributed by atoms with Gasteiger partial charge in [-0.3, -0.25) is 4.79 Å². The normalized spacial score (nSPS) is 16.6. The molecule has 0 bridgehead atoms. The van der Waals surface area contributed by atoms with Crippen molar-refractivity contribution in [2.24, 2.45) is 7.05 Å². The van der Waals surface area contributed by atoms with Crippen molar-refractivity contribution in [2.45, 2.75) is 55.9 Å². The number of sulfonamides is 1. The lowest BCUT2D eigenvalue weighted by Gasteiger charge is -2.22. The molecule has 1 N–H and O–H groups in total. The first-order chi connectivity index (χ1) is 12.8. The molecule has 1 aliphatic carbocycles. The number of likely N-dealkylation sites (N-methyl/N-ethyl adjacent to an activating group) is 1. The first-order valence-corrected chi connectivity index (χ1v) is 10.7. The Morgan fingerprint density at radius 2 is 1.81 bits per heavy atom. The molecule has 0 aliphatic heterocycles. The van der Waals surface area contributed by atoms with Crippen molar-refractivity contribution in [3.8, 4) is 0 Å². The first-order valence-electron chi connectivity index (χ1n) is 9.26. The highest BCUT2D eigenvalue weighted by atomic mass is 32.2. The molecule has 1 amide bonds. The number of carbonyl (C=O) groups excluding carboxylic acids is 2. The Morgan fingerprint density at radius 3 is 2.41 bits per heavy atom. The van der Waals surface area contributed by atoms with Gasteiger partial charge in [-0.05, 0) is 18.9 Å². The standard InChI is InChI=1S/C18H29N3O5S/c1-20-12-15(11-16(20)18(23)26-3)27(24,25)21(2)13-17(22)19-14-9-7-5-4-6-8-10-14/h11-12,14H,4-10,13H2,1-3H3,(H,19,22). The molecule has 1 aromatic rings. The number of amides is 1. The second-order valence-corrected chi connectivity index (χ2v) is 9.08. The lowest BCUT2D eigenvalue weighted by atomic mass is 9.97. The Hall–Kier alpha value is -1.87. The minimum atomic E-state index is -3.89. The Morgan fingerprint density at radius 1 is 1.22 bits per heavy atom. The van der Waals surface area contributed by atoms with E-state index in [0.717, 1.165) is 30.0 Å². The summed E-state index contributed by atoms with van der Waals surface area (Å²) in [4.78, 5) is 24.0. The molecule has 8 nitrogen and oxygen atoms in total. The van der Waals surface area contributed by atoms with Gasteiger partial charge in [0, 0.05) is 26.3 Å². The van der Waals surface area contributed by atoms with Crippen molar-refractivity contribution in [1.29, 1.82) is 0 Å². The molecule has 0 spiro atoms. The second kappa shape index (κ2) is 9.36. The van der Waals surface area contributed by atoms with E-state index in [9.17, 15) is 18.0 Å². The number of ether oxygens (including phenoxy) is 1. The van der Waals surface area contributed by atoms with E-state index < -0.39 is 16.0 Å². The summed E-state index contributed by atoms with van der Waals surface area (Å²) in [6.07, 6.45) is 8.97. The second-order valence-electron chi connectivity index (χ2n) is 7.03. The van der Waals surface area contributed by atoms with Crippen molar-refractivity contribution in [3.05, 3.63) is 18.0 Å². The van der Waals surface area contributed by atoms with E-state index in [-0.39, 0.29) is 29.1 Å². The molecular weight excluding hydrogens is 370 g/mol. The highest BCUT2D eigenvalue weighted by Gasteiger charge is 2.27. The van der Waals surface area contributed by atoms with Gasteiger partial charge in [-0.1, -0.05) is 32.1 Å². The van der Waals surface area contributed by atoms with Gasteiger partial charge in [-0.15, -0.1) is 0 Å². The van der Waals surface area contributed by atoms with E-state index in [2.05, 4.69) is 10.1 Å². The average molecular weight is 400 g/mol. The van der Waals surface area contributed by atoms with Crippen LogP contribution in [0.25, 0.3) is 0 Å². The van der Waals surface area contributed by atoms with Crippen LogP contribution < -0.4 is 5.32 Å². The van der Waals surface area contributed by atoms with Crippen LogP contribution >= 0.6 is 0 Å². The fraction of sp³-hybridized carbons (Fsp3) is 0.667. The molecule has 1 aliphatic rings. The van der Waals surface area contributed by atoms with Crippen LogP contribution in [0.4, 0.5) is 0 Å². The molecule has 0 saturated heterocycles. The Bertz CT molecular complexity index is 764. The van der Waals surface area contributed by atoms with Crippen LogP contribution in [-0.4, -0.2) is 55.9 Å². The lowest BCUT2D eigenvalue weighted by Crippen LogP contribution is -2.42. The third kappa shape index (κ3) is 5.55. The van der Waals surface area contributed by atoms with Gasteiger partial charge in [-0.2, -0.15) is 4.31 Å². The summed E-state index contributed by atoms with van der Waals surface area (Å²) in [5.74, 6) is -0.931. The summed E-state index contributed by atoms with van der Waals surface area (Å²) < 4.78 is 32.5. The molecular formula is C18H29N3O5S. The van der Waals surface area contributed by atoms with Gasteiger partial charge in [0.25, 0.3) is 0 Å². The SMILES string of the molecule is COC(=O)c1cc(S(=O)(=O)N(C)CC(=O)NC2CCCCCCC2)cn1C. The molecule has 152 valence electrons. The maximum atomic E-state index is 12.7. The summed E-state index contributed by atoms with van der Waals surface area (Å²) in [6.45, 7) is -0.263. The maximum Gasteiger partial charge on any atom is 0.354 e. The predicted octanol–water partition coefficient (Wildman–Crippen LogP) is 1.66. The van der Waals surface area contributed by atoms with Gasteiger partial charge in [-0.25, -0.2) is 13.2 Å². The zero-order valence-electron chi connectivity index (χ0n) is 16.2. The number of nitrogens with zero attached hydrogens (tertiary/aromatic N) is 2. The molecule has 1 saturated carbocycles. The third-order valence-electron chi connectivity index (χ3n) is 4.92. The number of aromatic nitrogens is 1. The lowest BCUT2D eigenvalue weighted by molar-refractivity contribution is -0.122. The van der Waals surface area contributed by atoms with Crippen LogP contribution in [0.2, 0.25) is 0 Å². The molecule has 1 aromatic heterocycles. The summed E-state index contributed by atoms with van der Waals surface area (Å²) in [7, 11) is 0.265. The van der Waals surface area contributed by atoms with Crippen LogP contribution in [-0.2, 0) is 26.6 Å². The summed E-state index contributed by atoms with van der Waals surface area (Å²) >= 11 is 0. The molecule has 1 fully saturated rings. The first kappa shape index (κ1) is 21.4. The Balaban J connectivity index is 2.01. The van der Waals surface area contributed by atoms with E-state index >= 15 is 0 Å². The molecule has 0 atom stereocenters. The predicted molar refractivity (Wildman–Crippen MR) is 101 cm³/mol. The Kier molecular flexibility index (Phi) is 7.43. The minimum absolute atomic E-state index is 0.0494. The third-order valence-corrected chi connectivity index (χ3v) is 6.69. The van der Waals surface area contributed by atoms with Crippen LogP contribution in [0, 0.1) is 0 Å². The summed E-state index contributed by atoms with van der Waals surface area (Å²) in [6, 6.07) is 1.36. The summed E-state index contributed by atoms with van der Waals surface area (Å²) in [5.41, 5.74) is 0.128. The van der Waals surface area contributed by atoms with Gasteiger partial charge in [0.15, 0.2) is 0 Å². The van der Waals surface area contributed by atoms with Gasteiger partial charge in [0.05, 0.1) is 13.7 Å². The maximum absolute atomic E-state index is 12.7. The number of nitrogens with one attached hydrogen (secondary N) is 1. The fourth-order valence-electron chi connectivity index (χ4n) is 3.32. The van der Waals surface area contributed by atoms with Crippen molar-refractivity contribution < 1.29 is 22.7 Å². The number of hydrogen-bond donors (Lipinski definition) is 1. The zero-order chi connectivity index (χ0) is 20.0. The van der Waals surface area contributed by atoms with Crippen LogP contribution in [0.3, 0.4) is 0 Å². The van der Waals surface area contributed by atoms with E-state index in [1.54, 1.807) is 7.05 Å². The molecule has 0 radical (unpaired) electrons. The van der Waals surface area contributed by atoms with Crippen LogP contribution in [0.5, 0.6) is 0 Å². The number of aryl methyl sites for hydroxylation is 1. The quantitative estimate of drug-likeness (QED) is 0.734. The molecule has 1 heterocycles. The smallest absolute Gasteiger partial charge is 0.354 e. The highest BCUT2D eigenvalue weighted by molar-refractivity contribution is 7.89. The largest absolute Gasteiger partial charge is 0.464 e. The monoisotopic (exact) mass is 399 g/mol.